The summed E-state index contributed by atoms with van der Waals surface area (Å²) in [7, 11) is 0. The first kappa shape index (κ1) is 17.4. The molecule has 0 heterocycles. The minimum absolute atomic E-state index is 0.112. The molecule has 0 radical (unpaired) electrons. The van der Waals surface area contributed by atoms with Gasteiger partial charge in [0.15, 0.2) is 0 Å². The molecule has 0 aliphatic heterocycles. The SMILES string of the molecule is CCNC(Cc1ccc(F)cc1Cl)C(OCC)C(C)C. The lowest BCUT2D eigenvalue weighted by Crippen LogP contribution is -2.45. The van der Waals surface area contributed by atoms with Gasteiger partial charge >= 0.3 is 0 Å². The van der Waals surface area contributed by atoms with Crippen LogP contribution < -0.4 is 5.32 Å². The summed E-state index contributed by atoms with van der Waals surface area (Å²) in [5, 5.41) is 3.94. The molecule has 1 aromatic rings. The van der Waals surface area contributed by atoms with Gasteiger partial charge in [0.1, 0.15) is 5.82 Å². The first-order valence-electron chi connectivity index (χ1n) is 7.28. The Kier molecular flexibility index (Phi) is 7.49. The zero-order valence-corrected chi connectivity index (χ0v) is 13.5. The van der Waals surface area contributed by atoms with Crippen molar-refractivity contribution in [3.05, 3.63) is 34.6 Å². The first-order chi connectivity index (χ1) is 9.49. The fourth-order valence-electron chi connectivity index (χ4n) is 2.46. The summed E-state index contributed by atoms with van der Waals surface area (Å²) in [4.78, 5) is 0. The van der Waals surface area contributed by atoms with Crippen LogP contribution in [0.15, 0.2) is 18.2 Å². The number of likely N-dealkylation sites (N-methyl/N-ethyl adjacent to an activating group) is 1. The van der Waals surface area contributed by atoms with Gasteiger partial charge in [-0.2, -0.15) is 0 Å². The van der Waals surface area contributed by atoms with Crippen LogP contribution >= 0.6 is 11.6 Å². The predicted octanol–water partition coefficient (Wildman–Crippen LogP) is 4.06. The normalized spacial score (nSPS) is 14.6. The highest BCUT2D eigenvalue weighted by molar-refractivity contribution is 6.31. The number of benzene rings is 1. The number of halogens is 2. The van der Waals surface area contributed by atoms with Crippen LogP contribution in [0.3, 0.4) is 0 Å². The Hall–Kier alpha value is -0.640. The molecule has 0 spiro atoms. The third-order valence-corrected chi connectivity index (χ3v) is 3.69. The summed E-state index contributed by atoms with van der Waals surface area (Å²) in [6.45, 7) is 9.92. The number of hydrogen-bond donors (Lipinski definition) is 1. The van der Waals surface area contributed by atoms with E-state index in [1.807, 2.05) is 6.92 Å². The lowest BCUT2D eigenvalue weighted by molar-refractivity contribution is 0.00396. The molecule has 1 N–H and O–H groups in total. The molecular formula is C16H25ClFNO. The van der Waals surface area contributed by atoms with Gasteiger partial charge in [-0.25, -0.2) is 4.39 Å². The van der Waals surface area contributed by atoms with E-state index in [4.69, 9.17) is 16.3 Å². The summed E-state index contributed by atoms with van der Waals surface area (Å²) in [5.41, 5.74) is 0.948. The van der Waals surface area contributed by atoms with Gasteiger partial charge < -0.3 is 10.1 Å². The smallest absolute Gasteiger partial charge is 0.124 e. The third-order valence-electron chi connectivity index (χ3n) is 3.33. The highest BCUT2D eigenvalue weighted by atomic mass is 35.5. The van der Waals surface area contributed by atoms with Crippen LogP contribution in [0.4, 0.5) is 4.39 Å². The van der Waals surface area contributed by atoms with Crippen molar-refractivity contribution in [1.29, 1.82) is 0 Å². The van der Waals surface area contributed by atoms with Crippen LogP contribution in [0.2, 0.25) is 5.02 Å². The van der Waals surface area contributed by atoms with Crippen molar-refractivity contribution in [2.24, 2.45) is 5.92 Å². The fraction of sp³-hybridized carbons (Fsp3) is 0.625. The van der Waals surface area contributed by atoms with E-state index in [0.29, 0.717) is 17.5 Å². The Morgan fingerprint density at radius 2 is 2.00 bits per heavy atom. The molecule has 0 aliphatic carbocycles. The Morgan fingerprint density at radius 1 is 1.30 bits per heavy atom. The second-order valence-electron chi connectivity index (χ2n) is 5.27. The van der Waals surface area contributed by atoms with Crippen LogP contribution in [0.5, 0.6) is 0 Å². The molecule has 20 heavy (non-hydrogen) atoms. The average molecular weight is 302 g/mol. The first-order valence-corrected chi connectivity index (χ1v) is 7.66. The van der Waals surface area contributed by atoms with Gasteiger partial charge in [-0.05, 0) is 43.5 Å². The monoisotopic (exact) mass is 301 g/mol. The maximum absolute atomic E-state index is 13.1. The zero-order chi connectivity index (χ0) is 15.1. The Balaban J connectivity index is 2.89. The number of rotatable bonds is 8. The molecule has 2 nitrogen and oxygen atoms in total. The van der Waals surface area contributed by atoms with Gasteiger partial charge in [-0.3, -0.25) is 0 Å². The highest BCUT2D eigenvalue weighted by Gasteiger charge is 2.25. The molecule has 1 rings (SSSR count). The molecule has 0 amide bonds. The predicted molar refractivity (Wildman–Crippen MR) is 82.8 cm³/mol. The second-order valence-corrected chi connectivity index (χ2v) is 5.68. The summed E-state index contributed by atoms with van der Waals surface area (Å²) in [5.74, 6) is 0.0993. The van der Waals surface area contributed by atoms with E-state index in [9.17, 15) is 4.39 Å². The van der Waals surface area contributed by atoms with Gasteiger partial charge in [0.05, 0.1) is 6.10 Å². The Labute approximate surface area is 126 Å². The van der Waals surface area contributed by atoms with Crippen LogP contribution in [-0.4, -0.2) is 25.3 Å². The number of nitrogens with one attached hydrogen (secondary N) is 1. The quantitative estimate of drug-likeness (QED) is 0.782. The van der Waals surface area contributed by atoms with E-state index in [1.54, 1.807) is 6.07 Å². The number of ether oxygens (including phenoxy) is 1. The lowest BCUT2D eigenvalue weighted by Gasteiger charge is -2.31. The topological polar surface area (TPSA) is 21.3 Å². The van der Waals surface area contributed by atoms with E-state index < -0.39 is 0 Å². The third kappa shape index (κ3) is 5.04. The van der Waals surface area contributed by atoms with Gasteiger partial charge in [-0.1, -0.05) is 38.4 Å². The van der Waals surface area contributed by atoms with Crippen LogP contribution in [-0.2, 0) is 11.2 Å². The highest BCUT2D eigenvalue weighted by Crippen LogP contribution is 2.22. The summed E-state index contributed by atoms with van der Waals surface area (Å²) >= 11 is 6.13. The minimum Gasteiger partial charge on any atom is -0.377 e. The van der Waals surface area contributed by atoms with E-state index >= 15 is 0 Å². The molecule has 0 saturated carbocycles. The van der Waals surface area contributed by atoms with Crippen molar-refractivity contribution < 1.29 is 9.13 Å². The van der Waals surface area contributed by atoms with Crippen molar-refractivity contribution in [2.75, 3.05) is 13.2 Å². The van der Waals surface area contributed by atoms with Crippen LogP contribution in [0, 0.1) is 11.7 Å². The summed E-state index contributed by atoms with van der Waals surface area (Å²) in [6.07, 6.45) is 0.844. The Morgan fingerprint density at radius 3 is 2.50 bits per heavy atom. The standard InChI is InChI=1S/C16H25ClFNO/c1-5-19-15(16(11(3)4)20-6-2)9-12-7-8-13(18)10-14(12)17/h7-8,10-11,15-16,19H,5-6,9H2,1-4H3. The molecule has 0 aliphatic rings. The van der Waals surface area contributed by atoms with Crippen molar-refractivity contribution in [1.82, 2.24) is 5.32 Å². The molecular weight excluding hydrogens is 277 g/mol. The molecule has 0 fully saturated rings. The van der Waals surface area contributed by atoms with E-state index in [1.165, 1.54) is 12.1 Å². The second kappa shape index (κ2) is 8.60. The molecule has 1 aromatic carbocycles. The lowest BCUT2D eigenvalue weighted by atomic mass is 9.93. The van der Waals surface area contributed by atoms with E-state index in [2.05, 4.69) is 26.1 Å². The maximum Gasteiger partial charge on any atom is 0.124 e. The van der Waals surface area contributed by atoms with Gasteiger partial charge in [0, 0.05) is 17.7 Å². The van der Waals surface area contributed by atoms with Gasteiger partial charge in [-0.15, -0.1) is 0 Å². The van der Waals surface area contributed by atoms with Crippen LogP contribution in [0.25, 0.3) is 0 Å². The molecule has 4 heteroatoms. The molecule has 2 atom stereocenters. The largest absolute Gasteiger partial charge is 0.377 e. The van der Waals surface area contributed by atoms with Gasteiger partial charge in [0.2, 0.25) is 0 Å². The molecule has 0 bridgehead atoms. The van der Waals surface area contributed by atoms with Crippen LogP contribution in [0.1, 0.15) is 33.3 Å². The zero-order valence-electron chi connectivity index (χ0n) is 12.7. The van der Waals surface area contributed by atoms with Crippen molar-refractivity contribution >= 4 is 11.6 Å². The van der Waals surface area contributed by atoms with Gasteiger partial charge in [0.25, 0.3) is 0 Å². The fourth-order valence-corrected chi connectivity index (χ4v) is 2.70. The maximum atomic E-state index is 13.1. The summed E-state index contributed by atoms with van der Waals surface area (Å²) in [6, 6.07) is 4.74. The van der Waals surface area contributed by atoms with Crippen molar-refractivity contribution in [2.45, 2.75) is 46.3 Å². The van der Waals surface area contributed by atoms with Crippen molar-refractivity contribution in [3.8, 4) is 0 Å². The summed E-state index contributed by atoms with van der Waals surface area (Å²) < 4.78 is 19.0. The minimum atomic E-state index is -0.302. The molecule has 0 aromatic heterocycles. The molecule has 0 saturated heterocycles. The van der Waals surface area contributed by atoms with Crippen molar-refractivity contribution in [3.63, 3.8) is 0 Å². The van der Waals surface area contributed by atoms with E-state index in [-0.39, 0.29) is 18.0 Å². The molecule has 114 valence electrons. The number of hydrogen-bond acceptors (Lipinski definition) is 2. The van der Waals surface area contributed by atoms with E-state index in [0.717, 1.165) is 18.5 Å². The average Bonchev–Trinajstić information content (AvgIpc) is 2.38. The molecule has 2 unspecified atom stereocenters. The Bertz CT molecular complexity index is 411.